The van der Waals surface area contributed by atoms with Gasteiger partial charge in [0.1, 0.15) is 0 Å². The lowest BCUT2D eigenvalue weighted by molar-refractivity contribution is 0.584. The Hall–Kier alpha value is -0.480. The van der Waals surface area contributed by atoms with E-state index in [9.17, 15) is 0 Å². The van der Waals surface area contributed by atoms with Crippen LogP contribution in [0.2, 0.25) is 0 Å². The average Bonchev–Trinajstić information content (AvgIpc) is 1.87. The largest absolute Gasteiger partial charge is 0.328 e. The number of nitrogens with two attached hydrogens (primary N) is 1. The van der Waals surface area contributed by atoms with Gasteiger partial charge in [0.15, 0.2) is 0 Å². The molecule has 0 rings (SSSR count). The zero-order valence-electron chi connectivity index (χ0n) is 6.77. The van der Waals surface area contributed by atoms with E-state index in [2.05, 4.69) is 5.92 Å². The van der Waals surface area contributed by atoms with Crippen molar-refractivity contribution in [3.63, 3.8) is 0 Å². The molecule has 0 aromatic heterocycles. The van der Waals surface area contributed by atoms with Crippen molar-refractivity contribution < 1.29 is 0 Å². The molecule has 10 heavy (non-hydrogen) atoms. The molecule has 0 amide bonds. The maximum atomic E-state index is 5.57. The van der Waals surface area contributed by atoms with Crippen molar-refractivity contribution >= 4 is 0 Å². The molecule has 0 aliphatic carbocycles. The highest BCUT2D eigenvalue weighted by atomic mass is 14.6. The fraction of sp³-hybridized carbons (Fsp3) is 0.778. The number of terminal acetylenes is 1. The minimum atomic E-state index is 0.353. The number of hydrogen-bond acceptors (Lipinski definition) is 1. The van der Waals surface area contributed by atoms with Gasteiger partial charge in [0.05, 0.1) is 0 Å². The lowest BCUT2D eigenvalue weighted by Gasteiger charge is -2.02. The van der Waals surface area contributed by atoms with Crippen LogP contribution in [-0.2, 0) is 0 Å². The Morgan fingerprint density at radius 2 is 2.10 bits per heavy atom. The molecule has 0 saturated heterocycles. The second kappa shape index (κ2) is 6.64. The van der Waals surface area contributed by atoms with Crippen LogP contribution < -0.4 is 5.73 Å². The maximum absolute atomic E-state index is 5.57. The first-order valence-electron chi connectivity index (χ1n) is 3.96. The van der Waals surface area contributed by atoms with E-state index in [0.717, 1.165) is 19.3 Å². The summed E-state index contributed by atoms with van der Waals surface area (Å²) in [4.78, 5) is 0. The van der Waals surface area contributed by atoms with Crippen LogP contribution in [0.5, 0.6) is 0 Å². The van der Waals surface area contributed by atoms with Crippen molar-refractivity contribution in [2.45, 2.75) is 45.1 Å². The van der Waals surface area contributed by atoms with Gasteiger partial charge in [0.2, 0.25) is 0 Å². The third-order valence-corrected chi connectivity index (χ3v) is 1.48. The summed E-state index contributed by atoms with van der Waals surface area (Å²) < 4.78 is 0. The first-order valence-corrected chi connectivity index (χ1v) is 3.96. The van der Waals surface area contributed by atoms with Crippen LogP contribution >= 0.6 is 0 Å². The number of hydrogen-bond donors (Lipinski definition) is 1. The standard InChI is InChI=1S/C9H17N/c1-3-4-5-6-7-8-9(2)10/h1,9H,4-8,10H2,2H3/t9-/m1/s1. The van der Waals surface area contributed by atoms with Gasteiger partial charge in [-0.25, -0.2) is 0 Å². The van der Waals surface area contributed by atoms with Gasteiger partial charge in [-0.3, -0.25) is 0 Å². The second-order valence-corrected chi connectivity index (χ2v) is 2.78. The Bertz CT molecular complexity index is 99.8. The van der Waals surface area contributed by atoms with Crippen molar-refractivity contribution in [1.82, 2.24) is 0 Å². The van der Waals surface area contributed by atoms with E-state index in [1.54, 1.807) is 0 Å². The molecule has 0 aromatic carbocycles. The summed E-state index contributed by atoms with van der Waals surface area (Å²) >= 11 is 0. The van der Waals surface area contributed by atoms with Gasteiger partial charge in [-0.15, -0.1) is 12.3 Å². The maximum Gasteiger partial charge on any atom is 0.00860 e. The van der Waals surface area contributed by atoms with Gasteiger partial charge in [-0.1, -0.05) is 12.8 Å². The molecule has 58 valence electrons. The van der Waals surface area contributed by atoms with Crippen LogP contribution in [-0.4, -0.2) is 6.04 Å². The average molecular weight is 139 g/mol. The molecule has 0 fully saturated rings. The first-order chi connectivity index (χ1) is 4.77. The van der Waals surface area contributed by atoms with Crippen molar-refractivity contribution in [1.29, 1.82) is 0 Å². The summed E-state index contributed by atoms with van der Waals surface area (Å²) in [5, 5.41) is 0. The molecule has 0 aliphatic heterocycles. The molecule has 0 aliphatic rings. The molecule has 0 saturated carbocycles. The van der Waals surface area contributed by atoms with Crippen LogP contribution in [0.4, 0.5) is 0 Å². The van der Waals surface area contributed by atoms with Gasteiger partial charge in [0.25, 0.3) is 0 Å². The molecule has 0 heterocycles. The van der Waals surface area contributed by atoms with E-state index in [4.69, 9.17) is 12.2 Å². The van der Waals surface area contributed by atoms with Crippen LogP contribution in [0.1, 0.15) is 39.0 Å². The van der Waals surface area contributed by atoms with Gasteiger partial charge in [-0.2, -0.15) is 0 Å². The Labute approximate surface area is 64.0 Å². The molecule has 1 atom stereocenters. The van der Waals surface area contributed by atoms with E-state index < -0.39 is 0 Å². The minimum Gasteiger partial charge on any atom is -0.328 e. The summed E-state index contributed by atoms with van der Waals surface area (Å²) in [7, 11) is 0. The van der Waals surface area contributed by atoms with Crippen molar-refractivity contribution in [3.05, 3.63) is 0 Å². The van der Waals surface area contributed by atoms with Crippen LogP contribution in [0.25, 0.3) is 0 Å². The van der Waals surface area contributed by atoms with E-state index in [1.165, 1.54) is 12.8 Å². The molecule has 1 nitrogen and oxygen atoms in total. The highest BCUT2D eigenvalue weighted by Crippen LogP contribution is 2.03. The van der Waals surface area contributed by atoms with Gasteiger partial charge in [-0.05, 0) is 19.8 Å². The van der Waals surface area contributed by atoms with Crippen molar-refractivity contribution in [2.75, 3.05) is 0 Å². The van der Waals surface area contributed by atoms with Gasteiger partial charge >= 0.3 is 0 Å². The summed E-state index contributed by atoms with van der Waals surface area (Å²) in [6, 6.07) is 0.353. The second-order valence-electron chi connectivity index (χ2n) is 2.78. The molecule has 0 unspecified atom stereocenters. The van der Waals surface area contributed by atoms with Crippen molar-refractivity contribution in [3.8, 4) is 12.3 Å². The third kappa shape index (κ3) is 7.52. The first kappa shape index (κ1) is 9.52. The number of unbranched alkanes of at least 4 members (excludes halogenated alkanes) is 3. The predicted molar refractivity (Wildman–Crippen MR) is 45.6 cm³/mol. The van der Waals surface area contributed by atoms with Crippen LogP contribution in [0.3, 0.4) is 0 Å². The predicted octanol–water partition coefficient (Wildman–Crippen LogP) is 1.92. The third-order valence-electron chi connectivity index (χ3n) is 1.48. The summed E-state index contributed by atoms with van der Waals surface area (Å²) in [5.41, 5.74) is 5.57. The Morgan fingerprint density at radius 1 is 1.40 bits per heavy atom. The molecule has 0 aromatic rings. The molecule has 0 bridgehead atoms. The van der Waals surface area contributed by atoms with Crippen molar-refractivity contribution in [2.24, 2.45) is 5.73 Å². The normalized spacial score (nSPS) is 12.5. The van der Waals surface area contributed by atoms with Crippen LogP contribution in [0, 0.1) is 12.3 Å². The molecule has 0 radical (unpaired) electrons. The van der Waals surface area contributed by atoms with E-state index >= 15 is 0 Å². The monoisotopic (exact) mass is 139 g/mol. The molecule has 1 heteroatoms. The van der Waals surface area contributed by atoms with E-state index in [-0.39, 0.29) is 0 Å². The fourth-order valence-electron chi connectivity index (χ4n) is 0.870. The van der Waals surface area contributed by atoms with E-state index in [1.807, 2.05) is 6.92 Å². The summed E-state index contributed by atoms with van der Waals surface area (Å²) in [6.07, 6.45) is 10.7. The zero-order valence-corrected chi connectivity index (χ0v) is 6.77. The molecule has 0 spiro atoms. The van der Waals surface area contributed by atoms with Gasteiger partial charge < -0.3 is 5.73 Å². The lowest BCUT2D eigenvalue weighted by atomic mass is 10.1. The molecule has 2 N–H and O–H groups in total. The highest BCUT2D eigenvalue weighted by molar-refractivity contribution is 4.82. The molecular formula is C9H17N. The Kier molecular flexibility index (Phi) is 6.32. The fourth-order valence-corrected chi connectivity index (χ4v) is 0.870. The zero-order chi connectivity index (χ0) is 7.82. The lowest BCUT2D eigenvalue weighted by Crippen LogP contribution is -2.13. The smallest absolute Gasteiger partial charge is 0.00860 e. The van der Waals surface area contributed by atoms with E-state index in [0.29, 0.717) is 6.04 Å². The van der Waals surface area contributed by atoms with Crippen LogP contribution in [0.15, 0.2) is 0 Å². The highest BCUT2D eigenvalue weighted by Gasteiger charge is 1.92. The number of rotatable bonds is 5. The summed E-state index contributed by atoms with van der Waals surface area (Å²) in [6.45, 7) is 2.04. The Morgan fingerprint density at radius 3 is 2.60 bits per heavy atom. The quantitative estimate of drug-likeness (QED) is 0.457. The summed E-state index contributed by atoms with van der Waals surface area (Å²) in [5.74, 6) is 2.62. The molecular weight excluding hydrogens is 122 g/mol. The van der Waals surface area contributed by atoms with Gasteiger partial charge in [0, 0.05) is 12.5 Å². The Balaban J connectivity index is 2.86. The topological polar surface area (TPSA) is 26.0 Å². The SMILES string of the molecule is C#CCCCCC[C@@H](C)N. The minimum absolute atomic E-state index is 0.353.